The van der Waals surface area contributed by atoms with Gasteiger partial charge in [0.2, 0.25) is 0 Å². The molecule has 0 aliphatic carbocycles. The average Bonchev–Trinajstić information content (AvgIpc) is 3.54. The molecule has 234 valence electrons. The van der Waals surface area contributed by atoms with Crippen molar-refractivity contribution in [3.8, 4) is 17.1 Å². The van der Waals surface area contributed by atoms with E-state index in [0.29, 0.717) is 40.4 Å². The number of H-pyrrole nitrogens is 1. The first kappa shape index (κ1) is 30.6. The molecule has 5 aromatic rings. The summed E-state index contributed by atoms with van der Waals surface area (Å²) in [6, 6.07) is 10.0. The molecule has 14 heteroatoms. The van der Waals surface area contributed by atoms with Crippen LogP contribution in [0.4, 0.5) is 13.2 Å². The molecule has 0 saturated heterocycles. The van der Waals surface area contributed by atoms with Crippen molar-refractivity contribution in [2.75, 3.05) is 0 Å². The van der Waals surface area contributed by atoms with E-state index in [1.807, 2.05) is 0 Å². The summed E-state index contributed by atoms with van der Waals surface area (Å²) in [4.78, 5) is 44.0. The van der Waals surface area contributed by atoms with E-state index in [1.165, 1.54) is 21.7 Å². The highest BCUT2D eigenvalue weighted by Crippen LogP contribution is 2.36. The first-order valence-electron chi connectivity index (χ1n) is 14.3. The molecule has 0 fully saturated rings. The number of halogens is 4. The molecule has 0 radical (unpaired) electrons. The standard InChI is InChI=1S/C31H29BrF3N7O3/c1-16(2)11-20-14-36-42-25-15-40(28(43)19-7-10-24(32)23(13-19)31(33,34)35)17(3)12-22(25)29(44)41(27(20)42)21-8-5-18(6-9-21)26-37-30(45)39(4)38-26/h5-10,13-14,16-17H,11-12,15H2,1-4H3,(H,37,38,45). The largest absolute Gasteiger partial charge is 0.417 e. The molecule has 10 nitrogen and oxygen atoms in total. The number of aryl methyl sites for hydroxylation is 1. The van der Waals surface area contributed by atoms with Gasteiger partial charge in [0.1, 0.15) is 5.65 Å². The molecule has 0 spiro atoms. The Labute approximate surface area is 263 Å². The van der Waals surface area contributed by atoms with Gasteiger partial charge in [-0.25, -0.2) is 14.0 Å². The van der Waals surface area contributed by atoms with Crippen LogP contribution in [0.5, 0.6) is 0 Å². The second-order valence-electron chi connectivity index (χ2n) is 11.7. The number of fused-ring (bicyclic) bond motifs is 3. The molecule has 4 heterocycles. The van der Waals surface area contributed by atoms with Crippen LogP contribution in [0.15, 0.2) is 62.7 Å². The van der Waals surface area contributed by atoms with Crippen LogP contribution in [0.1, 0.15) is 53.5 Å². The van der Waals surface area contributed by atoms with Crippen LogP contribution in [-0.4, -0.2) is 45.8 Å². The molecule has 1 N–H and O–H groups in total. The van der Waals surface area contributed by atoms with Crippen molar-refractivity contribution < 1.29 is 18.0 Å². The lowest BCUT2D eigenvalue weighted by atomic mass is 9.97. The molecule has 0 saturated carbocycles. The summed E-state index contributed by atoms with van der Waals surface area (Å²) in [5.41, 5.74) is 1.99. The molecule has 1 amide bonds. The number of alkyl halides is 3. The number of carbonyl (C=O) groups excluding carboxylic acids is 1. The van der Waals surface area contributed by atoms with Crippen LogP contribution in [-0.2, 0) is 32.6 Å². The first-order valence-corrected chi connectivity index (χ1v) is 15.1. The number of aromatic nitrogens is 6. The lowest BCUT2D eigenvalue weighted by Crippen LogP contribution is -2.46. The highest BCUT2D eigenvalue weighted by atomic mass is 79.9. The van der Waals surface area contributed by atoms with E-state index in [-0.39, 0.29) is 40.2 Å². The zero-order valence-electron chi connectivity index (χ0n) is 24.8. The minimum absolute atomic E-state index is 0.00585. The second-order valence-corrected chi connectivity index (χ2v) is 12.6. The van der Waals surface area contributed by atoms with Gasteiger partial charge in [-0.2, -0.15) is 23.4 Å². The molecular formula is C31H29BrF3N7O3. The van der Waals surface area contributed by atoms with E-state index in [1.54, 1.807) is 53.5 Å². The molecule has 6 rings (SSSR count). The fourth-order valence-corrected chi connectivity index (χ4v) is 6.29. The Bertz CT molecular complexity index is 2070. The Kier molecular flexibility index (Phi) is 7.58. The lowest BCUT2D eigenvalue weighted by Gasteiger charge is -2.35. The van der Waals surface area contributed by atoms with Crippen LogP contribution >= 0.6 is 15.9 Å². The van der Waals surface area contributed by atoms with Gasteiger partial charge >= 0.3 is 11.9 Å². The van der Waals surface area contributed by atoms with Gasteiger partial charge in [-0.05, 0) is 68.1 Å². The SMILES string of the molecule is CC(C)Cc1cnn2c3c(c(=O)n(-c4ccc(-c5nn(C)c(=O)[nH]5)cc4)c12)CC(C)N(C(=O)c1ccc(Br)c(C(F)(F)F)c1)C3. The maximum atomic E-state index is 14.3. The summed E-state index contributed by atoms with van der Waals surface area (Å²) in [5.74, 6) is 0.0778. The molecule has 0 bridgehead atoms. The van der Waals surface area contributed by atoms with Crippen LogP contribution in [0.3, 0.4) is 0 Å². The Balaban J connectivity index is 1.46. The fraction of sp³-hybridized carbons (Fsp3) is 0.323. The van der Waals surface area contributed by atoms with Crippen LogP contribution in [0, 0.1) is 5.92 Å². The number of nitrogens with zero attached hydrogens (tertiary/aromatic N) is 6. The summed E-state index contributed by atoms with van der Waals surface area (Å²) < 4.78 is 45.1. The van der Waals surface area contributed by atoms with E-state index >= 15 is 0 Å². The maximum Gasteiger partial charge on any atom is 0.417 e. The third-order valence-electron chi connectivity index (χ3n) is 8.02. The molecule has 1 aliphatic heterocycles. The fourth-order valence-electron chi connectivity index (χ4n) is 5.82. The van der Waals surface area contributed by atoms with Gasteiger partial charge in [0.15, 0.2) is 5.82 Å². The molecule has 45 heavy (non-hydrogen) atoms. The summed E-state index contributed by atoms with van der Waals surface area (Å²) in [6.07, 6.45) is -2.10. The molecule has 1 atom stereocenters. The summed E-state index contributed by atoms with van der Waals surface area (Å²) in [7, 11) is 1.55. The Morgan fingerprint density at radius 2 is 1.84 bits per heavy atom. The third kappa shape index (κ3) is 5.40. The van der Waals surface area contributed by atoms with Crippen molar-refractivity contribution in [2.45, 2.75) is 52.4 Å². The number of nitrogens with one attached hydrogen (secondary N) is 1. The van der Waals surface area contributed by atoms with E-state index in [2.05, 4.69) is 45.0 Å². The first-order chi connectivity index (χ1) is 21.2. The predicted octanol–water partition coefficient (Wildman–Crippen LogP) is 5.14. The van der Waals surface area contributed by atoms with Crippen molar-refractivity contribution in [3.05, 3.63) is 102 Å². The summed E-state index contributed by atoms with van der Waals surface area (Å²) in [6.45, 7) is 5.88. The number of hydrogen-bond donors (Lipinski definition) is 1. The van der Waals surface area contributed by atoms with Crippen LogP contribution in [0.2, 0.25) is 0 Å². The highest BCUT2D eigenvalue weighted by Gasteiger charge is 2.36. The van der Waals surface area contributed by atoms with Gasteiger partial charge in [-0.3, -0.25) is 19.1 Å². The third-order valence-corrected chi connectivity index (χ3v) is 8.71. The van der Waals surface area contributed by atoms with Crippen molar-refractivity contribution in [1.82, 2.24) is 33.8 Å². The van der Waals surface area contributed by atoms with Crippen molar-refractivity contribution in [3.63, 3.8) is 0 Å². The minimum atomic E-state index is -4.64. The summed E-state index contributed by atoms with van der Waals surface area (Å²) in [5, 5.41) is 8.85. The van der Waals surface area contributed by atoms with Crippen LogP contribution in [0.25, 0.3) is 22.7 Å². The number of amides is 1. The molecule has 1 aliphatic rings. The maximum absolute atomic E-state index is 14.3. The van der Waals surface area contributed by atoms with Gasteiger partial charge in [0, 0.05) is 39.8 Å². The van der Waals surface area contributed by atoms with Gasteiger partial charge in [-0.15, -0.1) is 0 Å². The number of carbonyl (C=O) groups is 1. The number of aromatic amines is 1. The zero-order valence-corrected chi connectivity index (χ0v) is 26.4. The predicted molar refractivity (Wildman–Crippen MR) is 164 cm³/mol. The lowest BCUT2D eigenvalue weighted by molar-refractivity contribution is -0.138. The van der Waals surface area contributed by atoms with Gasteiger partial charge in [0.05, 0.1) is 29.7 Å². The quantitative estimate of drug-likeness (QED) is 0.276. The second kappa shape index (κ2) is 11.2. The summed E-state index contributed by atoms with van der Waals surface area (Å²) >= 11 is 2.93. The van der Waals surface area contributed by atoms with Crippen molar-refractivity contribution >= 4 is 27.5 Å². The number of rotatable bonds is 5. The monoisotopic (exact) mass is 683 g/mol. The van der Waals surface area contributed by atoms with E-state index in [0.717, 1.165) is 11.6 Å². The molecular weight excluding hydrogens is 655 g/mol. The van der Waals surface area contributed by atoms with Gasteiger partial charge in [0.25, 0.3) is 11.5 Å². The minimum Gasteiger partial charge on any atom is -0.330 e. The molecule has 2 aromatic carbocycles. The zero-order chi connectivity index (χ0) is 32.4. The average molecular weight is 685 g/mol. The van der Waals surface area contributed by atoms with Gasteiger partial charge in [-0.1, -0.05) is 29.8 Å². The van der Waals surface area contributed by atoms with E-state index in [4.69, 9.17) is 0 Å². The van der Waals surface area contributed by atoms with E-state index in [9.17, 15) is 27.6 Å². The molecule has 3 aromatic heterocycles. The van der Waals surface area contributed by atoms with Gasteiger partial charge < -0.3 is 4.90 Å². The highest BCUT2D eigenvalue weighted by molar-refractivity contribution is 9.10. The topological polar surface area (TPSA) is 110 Å². The Hall–Kier alpha value is -4.46. The normalized spacial score (nSPS) is 15.2. The van der Waals surface area contributed by atoms with Crippen LogP contribution < -0.4 is 11.2 Å². The Morgan fingerprint density at radius 1 is 1.13 bits per heavy atom. The number of benzene rings is 2. The van der Waals surface area contributed by atoms with E-state index < -0.39 is 23.7 Å². The van der Waals surface area contributed by atoms with Crippen molar-refractivity contribution in [2.24, 2.45) is 13.0 Å². The van der Waals surface area contributed by atoms with Crippen molar-refractivity contribution in [1.29, 1.82) is 0 Å². The number of hydrogen-bond acceptors (Lipinski definition) is 5. The molecule has 1 unspecified atom stereocenters. The smallest absolute Gasteiger partial charge is 0.330 e. The Morgan fingerprint density at radius 3 is 2.47 bits per heavy atom.